The van der Waals surface area contributed by atoms with Crippen LogP contribution in [-0.2, 0) is 20.6 Å². The summed E-state index contributed by atoms with van der Waals surface area (Å²) < 4.78 is 35.1. The average molecular weight is 251 g/mol. The van der Waals surface area contributed by atoms with Crippen molar-refractivity contribution in [3.8, 4) is 0 Å². The Bertz CT molecular complexity index is 352. The molecule has 0 amide bonds. The highest BCUT2D eigenvalue weighted by Gasteiger charge is 2.37. The van der Waals surface area contributed by atoms with Gasteiger partial charge in [0.05, 0.1) is 11.0 Å². The van der Waals surface area contributed by atoms with Gasteiger partial charge < -0.3 is 5.32 Å². The zero-order chi connectivity index (χ0) is 10.9. The molecular formula is C9H17NO3S2. The molecule has 15 heavy (non-hydrogen) atoms. The van der Waals surface area contributed by atoms with Crippen LogP contribution in [0.5, 0.6) is 0 Å². The van der Waals surface area contributed by atoms with Crippen molar-refractivity contribution < 1.29 is 12.6 Å². The molecule has 4 nitrogen and oxygen atoms in total. The van der Waals surface area contributed by atoms with Crippen molar-refractivity contribution in [2.24, 2.45) is 0 Å². The molecule has 2 aliphatic rings. The van der Waals surface area contributed by atoms with Gasteiger partial charge in [0.25, 0.3) is 0 Å². The second-order valence-corrected chi connectivity index (χ2v) is 8.23. The Morgan fingerprint density at radius 2 is 2.07 bits per heavy atom. The third-order valence-corrected chi connectivity index (χ3v) is 6.91. The number of nitrogens with one attached hydrogen (secondary N) is 1. The fraction of sp³-hybridized carbons (Fsp3) is 1.00. The minimum Gasteiger partial charge on any atom is -0.311 e. The highest BCUT2D eigenvalue weighted by molar-refractivity contribution is 7.92. The van der Waals surface area contributed by atoms with Gasteiger partial charge in [-0.05, 0) is 12.8 Å². The first-order chi connectivity index (χ1) is 7.09. The van der Waals surface area contributed by atoms with Gasteiger partial charge in [-0.1, -0.05) is 6.42 Å². The Balaban J connectivity index is 2.11. The molecule has 2 aliphatic heterocycles. The van der Waals surface area contributed by atoms with Gasteiger partial charge in [-0.25, -0.2) is 8.42 Å². The maximum atomic E-state index is 11.8. The lowest BCUT2D eigenvalue weighted by Gasteiger charge is -2.32. The zero-order valence-corrected chi connectivity index (χ0v) is 10.3. The molecule has 1 N–H and O–H groups in total. The van der Waals surface area contributed by atoms with E-state index in [1.54, 1.807) is 0 Å². The molecule has 3 atom stereocenters. The van der Waals surface area contributed by atoms with Gasteiger partial charge >= 0.3 is 0 Å². The van der Waals surface area contributed by atoms with Crippen LogP contribution in [0.4, 0.5) is 0 Å². The van der Waals surface area contributed by atoms with Crippen molar-refractivity contribution in [2.75, 3.05) is 23.8 Å². The fourth-order valence-electron chi connectivity index (χ4n) is 2.37. The molecule has 0 aromatic heterocycles. The molecule has 0 radical (unpaired) electrons. The molecule has 0 saturated carbocycles. The van der Waals surface area contributed by atoms with E-state index in [0.29, 0.717) is 23.8 Å². The van der Waals surface area contributed by atoms with E-state index < -0.39 is 20.6 Å². The maximum Gasteiger partial charge on any atom is 0.154 e. The summed E-state index contributed by atoms with van der Waals surface area (Å²) in [7, 11) is -3.78. The third-order valence-electron chi connectivity index (χ3n) is 3.18. The van der Waals surface area contributed by atoms with Gasteiger partial charge in [0, 0.05) is 34.9 Å². The third kappa shape index (κ3) is 2.60. The molecule has 0 aromatic carbocycles. The summed E-state index contributed by atoms with van der Waals surface area (Å²) in [6, 6.07) is -0.0788. The summed E-state index contributed by atoms with van der Waals surface area (Å²) in [5, 5.41) is 2.91. The molecule has 3 unspecified atom stereocenters. The number of hydrogen-bond donors (Lipinski definition) is 1. The molecule has 88 valence electrons. The number of rotatable bonds is 1. The second kappa shape index (κ2) is 4.51. The van der Waals surface area contributed by atoms with Gasteiger partial charge in [-0.2, -0.15) is 0 Å². The van der Waals surface area contributed by atoms with Gasteiger partial charge in [0.2, 0.25) is 0 Å². The molecule has 2 rings (SSSR count). The number of hydrogen-bond acceptors (Lipinski definition) is 4. The van der Waals surface area contributed by atoms with Gasteiger partial charge in [-0.3, -0.25) is 4.21 Å². The number of sulfone groups is 1. The minimum atomic E-state index is -2.94. The predicted octanol–water partition coefficient (Wildman–Crippen LogP) is -0.326. The standard InChI is InChI=1S/C9H17NO3S2/c11-14-5-4-10-8(7-14)9-3-1-2-6-15(9,12)13/h8-10H,1-7H2. The SMILES string of the molecule is O=S1CCNC(C2CCCCS2(=O)=O)C1. The van der Waals surface area contributed by atoms with E-state index in [4.69, 9.17) is 0 Å². The molecule has 0 aromatic rings. The second-order valence-electron chi connectivity index (χ2n) is 4.27. The fourth-order valence-corrected chi connectivity index (χ4v) is 5.88. The highest BCUT2D eigenvalue weighted by atomic mass is 32.2. The van der Waals surface area contributed by atoms with E-state index >= 15 is 0 Å². The maximum absolute atomic E-state index is 11.8. The molecule has 0 spiro atoms. The molecule has 2 heterocycles. The summed E-state index contributed by atoms with van der Waals surface area (Å²) in [5.74, 6) is 1.47. The first-order valence-corrected chi connectivity index (χ1v) is 8.60. The molecule has 6 heteroatoms. The van der Waals surface area contributed by atoms with Crippen LogP contribution in [0.25, 0.3) is 0 Å². The van der Waals surface area contributed by atoms with Crippen LogP contribution in [0, 0.1) is 0 Å². The Morgan fingerprint density at radius 3 is 2.73 bits per heavy atom. The Morgan fingerprint density at radius 1 is 1.27 bits per heavy atom. The van der Waals surface area contributed by atoms with Crippen molar-refractivity contribution in [3.05, 3.63) is 0 Å². The van der Waals surface area contributed by atoms with Gasteiger partial charge in [0.15, 0.2) is 9.84 Å². The van der Waals surface area contributed by atoms with Gasteiger partial charge in [-0.15, -0.1) is 0 Å². The molecule has 0 bridgehead atoms. The lowest BCUT2D eigenvalue weighted by Crippen LogP contribution is -2.53. The van der Waals surface area contributed by atoms with Crippen molar-refractivity contribution >= 4 is 20.6 Å². The molecular weight excluding hydrogens is 234 g/mol. The predicted molar refractivity (Wildman–Crippen MR) is 61.1 cm³/mol. The van der Waals surface area contributed by atoms with Crippen LogP contribution in [0.15, 0.2) is 0 Å². The molecule has 2 saturated heterocycles. The summed E-state index contributed by atoms with van der Waals surface area (Å²) in [4.78, 5) is 0. The van der Waals surface area contributed by atoms with E-state index in [-0.39, 0.29) is 11.3 Å². The van der Waals surface area contributed by atoms with Crippen LogP contribution < -0.4 is 5.32 Å². The van der Waals surface area contributed by atoms with E-state index in [2.05, 4.69) is 5.32 Å². The Hall–Kier alpha value is 0.0600. The van der Waals surface area contributed by atoms with Crippen molar-refractivity contribution in [2.45, 2.75) is 30.6 Å². The largest absolute Gasteiger partial charge is 0.311 e. The van der Waals surface area contributed by atoms with E-state index in [9.17, 15) is 12.6 Å². The van der Waals surface area contributed by atoms with Crippen LogP contribution >= 0.6 is 0 Å². The van der Waals surface area contributed by atoms with Crippen molar-refractivity contribution in [1.82, 2.24) is 5.32 Å². The Kier molecular flexibility index (Phi) is 3.47. The van der Waals surface area contributed by atoms with Crippen LogP contribution in [0.3, 0.4) is 0 Å². The van der Waals surface area contributed by atoms with Crippen LogP contribution in [-0.4, -0.2) is 47.7 Å². The van der Waals surface area contributed by atoms with E-state index in [1.807, 2.05) is 0 Å². The average Bonchev–Trinajstić information content (AvgIpc) is 2.17. The zero-order valence-electron chi connectivity index (χ0n) is 8.65. The first kappa shape index (κ1) is 11.5. The normalized spacial score (nSPS) is 41.2. The topological polar surface area (TPSA) is 63.2 Å². The molecule has 2 fully saturated rings. The van der Waals surface area contributed by atoms with Crippen molar-refractivity contribution in [1.29, 1.82) is 0 Å². The summed E-state index contributed by atoms with van der Waals surface area (Å²) in [6.07, 6.45) is 2.50. The summed E-state index contributed by atoms with van der Waals surface area (Å²) >= 11 is 0. The smallest absolute Gasteiger partial charge is 0.154 e. The summed E-state index contributed by atoms with van der Waals surface area (Å²) in [6.45, 7) is 0.684. The van der Waals surface area contributed by atoms with E-state index in [0.717, 1.165) is 19.3 Å². The highest BCUT2D eigenvalue weighted by Crippen LogP contribution is 2.23. The minimum absolute atomic E-state index is 0.0788. The Labute approximate surface area is 93.2 Å². The summed E-state index contributed by atoms with van der Waals surface area (Å²) in [5.41, 5.74) is 0. The molecule has 0 aliphatic carbocycles. The van der Waals surface area contributed by atoms with Gasteiger partial charge in [0.1, 0.15) is 0 Å². The lowest BCUT2D eigenvalue weighted by molar-refractivity contribution is 0.459. The monoisotopic (exact) mass is 251 g/mol. The van der Waals surface area contributed by atoms with Crippen LogP contribution in [0.1, 0.15) is 19.3 Å². The lowest BCUT2D eigenvalue weighted by atomic mass is 10.1. The van der Waals surface area contributed by atoms with Crippen molar-refractivity contribution in [3.63, 3.8) is 0 Å². The van der Waals surface area contributed by atoms with Crippen LogP contribution in [0.2, 0.25) is 0 Å². The quantitative estimate of drug-likeness (QED) is 0.693. The van der Waals surface area contributed by atoms with E-state index in [1.165, 1.54) is 0 Å². The first-order valence-electron chi connectivity index (χ1n) is 5.39.